The van der Waals surface area contributed by atoms with Crippen LogP contribution in [0, 0.1) is 13.8 Å². The summed E-state index contributed by atoms with van der Waals surface area (Å²) in [5, 5.41) is 4.43. The van der Waals surface area contributed by atoms with Gasteiger partial charge in [0.25, 0.3) is 0 Å². The maximum Gasteiger partial charge on any atom is 0.223 e. The van der Waals surface area contributed by atoms with Gasteiger partial charge in [0.1, 0.15) is 0 Å². The van der Waals surface area contributed by atoms with Gasteiger partial charge in [-0.2, -0.15) is 5.10 Å². The third kappa shape index (κ3) is 4.21. The van der Waals surface area contributed by atoms with Gasteiger partial charge in [0, 0.05) is 56.6 Å². The van der Waals surface area contributed by atoms with E-state index in [4.69, 9.17) is 0 Å². The van der Waals surface area contributed by atoms with Gasteiger partial charge in [0.15, 0.2) is 5.78 Å². The lowest BCUT2D eigenvalue weighted by atomic mass is 10.1. The third-order valence-corrected chi connectivity index (χ3v) is 5.52. The molecule has 0 aliphatic carbocycles. The van der Waals surface area contributed by atoms with Crippen molar-refractivity contribution in [1.29, 1.82) is 0 Å². The molecule has 1 saturated heterocycles. The normalized spacial score (nSPS) is 14.5. The summed E-state index contributed by atoms with van der Waals surface area (Å²) >= 11 is 0. The SMILES string of the molecule is CC(=O)c1ccc(N2CCN(C(=O)CCc3c(C)nn(C)c3C)CC2)cc1. The highest BCUT2D eigenvalue weighted by Gasteiger charge is 2.22. The molecule has 6 heteroatoms. The number of benzene rings is 1. The van der Waals surface area contributed by atoms with Gasteiger partial charge in [-0.1, -0.05) is 0 Å². The Morgan fingerprint density at radius 2 is 1.67 bits per heavy atom. The molecule has 1 aliphatic heterocycles. The maximum atomic E-state index is 12.6. The smallest absolute Gasteiger partial charge is 0.223 e. The van der Waals surface area contributed by atoms with Crippen LogP contribution in [0.1, 0.15) is 40.7 Å². The number of aryl methyl sites for hydroxylation is 2. The Labute approximate surface area is 160 Å². The number of anilines is 1. The molecular weight excluding hydrogens is 340 g/mol. The van der Waals surface area contributed by atoms with Gasteiger partial charge in [-0.25, -0.2) is 0 Å². The number of carbonyl (C=O) groups is 2. The Kier molecular flexibility index (Phi) is 5.63. The van der Waals surface area contributed by atoms with Crippen LogP contribution >= 0.6 is 0 Å². The van der Waals surface area contributed by atoms with Crippen LogP contribution in [0.3, 0.4) is 0 Å². The van der Waals surface area contributed by atoms with Crippen LogP contribution < -0.4 is 4.90 Å². The molecule has 0 atom stereocenters. The number of ketones is 1. The second kappa shape index (κ2) is 7.94. The van der Waals surface area contributed by atoms with Crippen molar-refractivity contribution in [1.82, 2.24) is 14.7 Å². The van der Waals surface area contributed by atoms with E-state index >= 15 is 0 Å². The summed E-state index contributed by atoms with van der Waals surface area (Å²) in [5.74, 6) is 0.292. The van der Waals surface area contributed by atoms with Crippen LogP contribution in [0.5, 0.6) is 0 Å². The standard InChI is InChI=1S/C21H28N4O2/c1-15-20(16(2)23(4)22-15)9-10-21(27)25-13-11-24(12-14-25)19-7-5-18(6-8-19)17(3)26/h5-8H,9-14H2,1-4H3. The van der Waals surface area contributed by atoms with Crippen molar-refractivity contribution >= 4 is 17.4 Å². The minimum Gasteiger partial charge on any atom is -0.368 e. The van der Waals surface area contributed by atoms with Crippen LogP contribution in [-0.2, 0) is 18.3 Å². The van der Waals surface area contributed by atoms with Gasteiger partial charge in [0.05, 0.1) is 5.69 Å². The fourth-order valence-corrected chi connectivity index (χ4v) is 3.69. The topological polar surface area (TPSA) is 58.4 Å². The second-order valence-corrected chi connectivity index (χ2v) is 7.24. The fraction of sp³-hybridized carbons (Fsp3) is 0.476. The van der Waals surface area contributed by atoms with E-state index in [1.54, 1.807) is 6.92 Å². The average Bonchev–Trinajstić information content (AvgIpc) is 2.91. The molecular formula is C21H28N4O2. The van der Waals surface area contributed by atoms with Gasteiger partial charge in [-0.15, -0.1) is 0 Å². The first-order chi connectivity index (χ1) is 12.9. The highest BCUT2D eigenvalue weighted by molar-refractivity contribution is 5.94. The molecule has 0 N–H and O–H groups in total. The number of hydrogen-bond donors (Lipinski definition) is 0. The summed E-state index contributed by atoms with van der Waals surface area (Å²) in [7, 11) is 1.94. The Morgan fingerprint density at radius 1 is 1.04 bits per heavy atom. The summed E-state index contributed by atoms with van der Waals surface area (Å²) in [5.41, 5.74) is 5.18. The van der Waals surface area contributed by atoms with Gasteiger partial charge in [-0.05, 0) is 57.0 Å². The molecule has 3 rings (SSSR count). The number of Topliss-reactive ketones (excluding diaryl/α,β-unsaturated/α-hetero) is 1. The highest BCUT2D eigenvalue weighted by atomic mass is 16.2. The summed E-state index contributed by atoms with van der Waals surface area (Å²) in [4.78, 5) is 28.2. The van der Waals surface area contributed by atoms with Gasteiger partial charge >= 0.3 is 0 Å². The van der Waals surface area contributed by atoms with Crippen molar-refractivity contribution in [3.8, 4) is 0 Å². The molecule has 1 aromatic carbocycles. The largest absolute Gasteiger partial charge is 0.368 e. The molecule has 1 amide bonds. The molecule has 1 aromatic heterocycles. The molecule has 6 nitrogen and oxygen atoms in total. The van der Waals surface area contributed by atoms with Gasteiger partial charge in [-0.3, -0.25) is 14.3 Å². The van der Waals surface area contributed by atoms with E-state index in [9.17, 15) is 9.59 Å². The summed E-state index contributed by atoms with van der Waals surface area (Å²) in [6, 6.07) is 7.71. The summed E-state index contributed by atoms with van der Waals surface area (Å²) < 4.78 is 1.88. The summed E-state index contributed by atoms with van der Waals surface area (Å²) in [6.07, 6.45) is 1.28. The lowest BCUT2D eigenvalue weighted by Crippen LogP contribution is -2.48. The zero-order valence-corrected chi connectivity index (χ0v) is 16.7. The van der Waals surface area contributed by atoms with E-state index in [2.05, 4.69) is 16.9 Å². The third-order valence-electron chi connectivity index (χ3n) is 5.52. The van der Waals surface area contributed by atoms with Crippen molar-refractivity contribution in [3.05, 3.63) is 46.8 Å². The molecule has 0 saturated carbocycles. The molecule has 1 aliphatic rings. The lowest BCUT2D eigenvalue weighted by molar-refractivity contribution is -0.131. The van der Waals surface area contributed by atoms with Crippen molar-refractivity contribution in [2.75, 3.05) is 31.1 Å². The lowest BCUT2D eigenvalue weighted by Gasteiger charge is -2.36. The Morgan fingerprint density at radius 3 is 2.19 bits per heavy atom. The second-order valence-electron chi connectivity index (χ2n) is 7.24. The molecule has 2 aromatic rings. The molecule has 0 bridgehead atoms. The molecule has 1 fully saturated rings. The molecule has 27 heavy (non-hydrogen) atoms. The highest BCUT2D eigenvalue weighted by Crippen LogP contribution is 2.19. The first-order valence-electron chi connectivity index (χ1n) is 9.49. The van der Waals surface area contributed by atoms with Crippen molar-refractivity contribution in [2.24, 2.45) is 7.05 Å². The Bertz CT molecular complexity index is 831. The molecule has 0 unspecified atom stereocenters. The van der Waals surface area contributed by atoms with Crippen LogP contribution in [0.15, 0.2) is 24.3 Å². The quantitative estimate of drug-likeness (QED) is 0.761. The Balaban J connectivity index is 1.52. The molecule has 0 radical (unpaired) electrons. The predicted octanol–water partition coefficient (Wildman–Crippen LogP) is 2.52. The van der Waals surface area contributed by atoms with E-state index in [0.29, 0.717) is 6.42 Å². The van der Waals surface area contributed by atoms with Crippen LogP contribution in [0.2, 0.25) is 0 Å². The van der Waals surface area contributed by atoms with Crippen molar-refractivity contribution in [3.63, 3.8) is 0 Å². The number of rotatable bonds is 5. The van der Waals surface area contributed by atoms with E-state index in [-0.39, 0.29) is 11.7 Å². The zero-order valence-electron chi connectivity index (χ0n) is 16.7. The van der Waals surface area contributed by atoms with E-state index in [1.807, 2.05) is 47.8 Å². The first-order valence-corrected chi connectivity index (χ1v) is 9.49. The van der Waals surface area contributed by atoms with Gasteiger partial charge < -0.3 is 9.80 Å². The number of aromatic nitrogens is 2. The fourth-order valence-electron chi connectivity index (χ4n) is 3.69. The number of amides is 1. The number of nitrogens with zero attached hydrogens (tertiary/aromatic N) is 4. The van der Waals surface area contributed by atoms with Crippen LogP contribution in [0.4, 0.5) is 5.69 Å². The number of hydrogen-bond acceptors (Lipinski definition) is 4. The number of piperazine rings is 1. The Hall–Kier alpha value is -2.63. The monoisotopic (exact) mass is 368 g/mol. The average molecular weight is 368 g/mol. The minimum atomic E-state index is 0.0797. The van der Waals surface area contributed by atoms with E-state index in [1.165, 1.54) is 5.56 Å². The van der Waals surface area contributed by atoms with Crippen LogP contribution in [-0.4, -0.2) is 52.5 Å². The van der Waals surface area contributed by atoms with Crippen molar-refractivity contribution < 1.29 is 9.59 Å². The van der Waals surface area contributed by atoms with E-state index < -0.39 is 0 Å². The first kappa shape index (κ1) is 19.1. The van der Waals surface area contributed by atoms with Crippen LogP contribution in [0.25, 0.3) is 0 Å². The molecule has 2 heterocycles. The maximum absolute atomic E-state index is 12.6. The zero-order chi connectivity index (χ0) is 19.6. The minimum absolute atomic E-state index is 0.0797. The molecule has 0 spiro atoms. The molecule has 144 valence electrons. The van der Waals surface area contributed by atoms with Gasteiger partial charge in [0.2, 0.25) is 5.91 Å². The summed E-state index contributed by atoms with van der Waals surface area (Å²) in [6.45, 7) is 8.73. The number of carbonyl (C=O) groups excluding carboxylic acids is 2. The predicted molar refractivity (Wildman–Crippen MR) is 106 cm³/mol. The van der Waals surface area contributed by atoms with Crippen molar-refractivity contribution in [2.45, 2.75) is 33.6 Å². The van der Waals surface area contributed by atoms with E-state index in [0.717, 1.165) is 55.2 Å².